The van der Waals surface area contributed by atoms with E-state index in [1.165, 1.54) is 27.7 Å². The maximum Gasteiger partial charge on any atom is 0.260 e. The predicted octanol–water partition coefficient (Wildman–Crippen LogP) is 5.84. The van der Waals surface area contributed by atoms with Crippen LogP contribution in [0.2, 0.25) is 5.02 Å². The first-order chi connectivity index (χ1) is 14.3. The number of hydrogen-bond acceptors (Lipinski definition) is 2. The van der Waals surface area contributed by atoms with Crippen LogP contribution in [0, 0.1) is 27.7 Å². The smallest absolute Gasteiger partial charge is 0.260 e. The summed E-state index contributed by atoms with van der Waals surface area (Å²) in [5.74, 6) is 1.20. The van der Waals surface area contributed by atoms with E-state index < -0.39 is 0 Å². The number of hydrogen-bond donors (Lipinski definition) is 1. The number of nitrogens with zero attached hydrogens (tertiary/aromatic N) is 1. The molecule has 30 heavy (non-hydrogen) atoms. The van der Waals surface area contributed by atoms with Crippen molar-refractivity contribution in [3.63, 3.8) is 0 Å². The van der Waals surface area contributed by atoms with Crippen LogP contribution in [-0.2, 0) is 4.79 Å². The third-order valence-electron chi connectivity index (χ3n) is 6.28. The van der Waals surface area contributed by atoms with Gasteiger partial charge in [-0.05, 0) is 81.5 Å². The minimum absolute atomic E-state index is 0.0442. The Bertz CT molecular complexity index is 1070. The molecule has 2 heterocycles. The first-order valence-electron chi connectivity index (χ1n) is 10.6. The highest BCUT2D eigenvalue weighted by Crippen LogP contribution is 2.34. The van der Waals surface area contributed by atoms with Crippen molar-refractivity contribution in [3.05, 3.63) is 63.3 Å². The second kappa shape index (κ2) is 8.35. The Morgan fingerprint density at radius 3 is 2.43 bits per heavy atom. The van der Waals surface area contributed by atoms with E-state index in [4.69, 9.17) is 16.3 Å². The molecule has 158 valence electrons. The van der Waals surface area contributed by atoms with Gasteiger partial charge in [0.25, 0.3) is 5.91 Å². The minimum atomic E-state index is 0.0442. The molecule has 1 amide bonds. The van der Waals surface area contributed by atoms with Crippen LogP contribution in [0.1, 0.15) is 46.7 Å². The summed E-state index contributed by atoms with van der Waals surface area (Å²) in [6.07, 6.45) is 1.94. The van der Waals surface area contributed by atoms with Gasteiger partial charge in [0.15, 0.2) is 6.61 Å². The summed E-state index contributed by atoms with van der Waals surface area (Å²) >= 11 is 6.21. The number of halogens is 1. The van der Waals surface area contributed by atoms with Gasteiger partial charge in [0.05, 0.1) is 0 Å². The van der Waals surface area contributed by atoms with Crippen molar-refractivity contribution in [2.45, 2.75) is 46.5 Å². The van der Waals surface area contributed by atoms with Crippen LogP contribution in [0.15, 0.2) is 30.3 Å². The van der Waals surface area contributed by atoms with Crippen LogP contribution in [0.3, 0.4) is 0 Å². The molecule has 0 aliphatic carbocycles. The fraction of sp³-hybridized carbons (Fsp3) is 0.400. The highest BCUT2D eigenvalue weighted by atomic mass is 35.5. The average molecular weight is 425 g/mol. The maximum absolute atomic E-state index is 12.7. The normalized spacial score (nSPS) is 15.0. The molecule has 3 aromatic rings. The Morgan fingerprint density at radius 2 is 1.77 bits per heavy atom. The van der Waals surface area contributed by atoms with E-state index in [-0.39, 0.29) is 12.5 Å². The standard InChI is InChI=1S/C25H29ClN2O2/c1-15-5-6-22-21(11-15)18(4)25(27-22)19-7-9-28(10-8-19)23(29)14-30-20-12-16(2)24(26)17(3)13-20/h5-6,11-13,19,27H,7-10,14H2,1-4H3. The van der Waals surface area contributed by atoms with Crippen molar-refractivity contribution < 1.29 is 9.53 Å². The quantitative estimate of drug-likeness (QED) is 0.571. The van der Waals surface area contributed by atoms with Gasteiger partial charge >= 0.3 is 0 Å². The minimum Gasteiger partial charge on any atom is -0.484 e. The Hall–Kier alpha value is -2.46. The SMILES string of the molecule is Cc1ccc2[nH]c(C3CCN(C(=O)COc4cc(C)c(Cl)c(C)c4)CC3)c(C)c2c1. The van der Waals surface area contributed by atoms with Crippen molar-refractivity contribution in [1.82, 2.24) is 9.88 Å². The molecule has 0 radical (unpaired) electrons. The lowest BCUT2D eigenvalue weighted by Crippen LogP contribution is -2.40. The molecule has 4 rings (SSSR count). The summed E-state index contributed by atoms with van der Waals surface area (Å²) < 4.78 is 5.76. The van der Waals surface area contributed by atoms with Gasteiger partial charge in [-0.1, -0.05) is 23.2 Å². The molecule has 0 bridgehead atoms. The molecule has 1 N–H and O–H groups in total. The zero-order valence-electron chi connectivity index (χ0n) is 18.1. The lowest BCUT2D eigenvalue weighted by molar-refractivity contribution is -0.134. The topological polar surface area (TPSA) is 45.3 Å². The lowest BCUT2D eigenvalue weighted by Gasteiger charge is -2.32. The summed E-state index contributed by atoms with van der Waals surface area (Å²) in [5.41, 5.74) is 7.07. The van der Waals surface area contributed by atoms with Gasteiger partial charge in [-0.2, -0.15) is 0 Å². The highest BCUT2D eigenvalue weighted by molar-refractivity contribution is 6.32. The molecular formula is C25H29ClN2O2. The molecule has 5 heteroatoms. The van der Waals surface area contributed by atoms with Crippen molar-refractivity contribution in [2.75, 3.05) is 19.7 Å². The van der Waals surface area contributed by atoms with Crippen molar-refractivity contribution >= 4 is 28.4 Å². The molecule has 1 aliphatic rings. The third kappa shape index (κ3) is 4.06. The number of amides is 1. The van der Waals surface area contributed by atoms with Gasteiger partial charge in [-0.15, -0.1) is 0 Å². The summed E-state index contributed by atoms with van der Waals surface area (Å²) in [4.78, 5) is 18.2. The van der Waals surface area contributed by atoms with Gasteiger partial charge in [0.2, 0.25) is 0 Å². The number of fused-ring (bicyclic) bond motifs is 1. The fourth-order valence-electron chi connectivity index (χ4n) is 4.51. The second-order valence-electron chi connectivity index (χ2n) is 8.53. The Morgan fingerprint density at radius 1 is 1.10 bits per heavy atom. The number of H-pyrrole nitrogens is 1. The first-order valence-corrected chi connectivity index (χ1v) is 11.0. The maximum atomic E-state index is 12.7. The number of piperidine rings is 1. The monoisotopic (exact) mass is 424 g/mol. The summed E-state index contributed by atoms with van der Waals surface area (Å²) in [5, 5.41) is 2.06. The van der Waals surface area contributed by atoms with E-state index >= 15 is 0 Å². The fourth-order valence-corrected chi connectivity index (χ4v) is 4.62. The van der Waals surface area contributed by atoms with Gasteiger partial charge < -0.3 is 14.6 Å². The Kier molecular flexibility index (Phi) is 5.79. The van der Waals surface area contributed by atoms with Crippen molar-refractivity contribution in [2.24, 2.45) is 0 Å². The molecule has 4 nitrogen and oxygen atoms in total. The number of likely N-dealkylation sites (tertiary alicyclic amines) is 1. The summed E-state index contributed by atoms with van der Waals surface area (Å²) in [6.45, 7) is 9.82. The van der Waals surface area contributed by atoms with Crippen LogP contribution in [-0.4, -0.2) is 35.5 Å². The molecule has 0 spiro atoms. The molecule has 2 aromatic carbocycles. The van der Waals surface area contributed by atoms with Gasteiger partial charge in [0, 0.05) is 40.6 Å². The average Bonchev–Trinajstić information content (AvgIpc) is 3.06. The van der Waals surface area contributed by atoms with E-state index in [1.54, 1.807) is 0 Å². The van der Waals surface area contributed by atoms with Crippen LogP contribution >= 0.6 is 11.6 Å². The Balaban J connectivity index is 1.36. The highest BCUT2D eigenvalue weighted by Gasteiger charge is 2.26. The second-order valence-corrected chi connectivity index (χ2v) is 8.91. The molecule has 0 atom stereocenters. The zero-order valence-corrected chi connectivity index (χ0v) is 18.9. The van der Waals surface area contributed by atoms with E-state index in [0.29, 0.717) is 11.7 Å². The molecule has 1 aromatic heterocycles. The predicted molar refractivity (Wildman–Crippen MR) is 123 cm³/mol. The number of aromatic nitrogens is 1. The number of ether oxygens (including phenoxy) is 1. The molecule has 1 saturated heterocycles. The third-order valence-corrected chi connectivity index (χ3v) is 6.88. The summed E-state index contributed by atoms with van der Waals surface area (Å²) in [7, 11) is 0. The number of carbonyl (C=O) groups is 1. The number of rotatable bonds is 4. The number of nitrogens with one attached hydrogen (secondary N) is 1. The van der Waals surface area contributed by atoms with E-state index in [2.05, 4.69) is 37.0 Å². The van der Waals surface area contributed by atoms with Gasteiger partial charge in [-0.3, -0.25) is 4.79 Å². The van der Waals surface area contributed by atoms with Crippen molar-refractivity contribution in [3.8, 4) is 5.75 Å². The zero-order chi connectivity index (χ0) is 21.4. The van der Waals surface area contributed by atoms with E-state index in [9.17, 15) is 4.79 Å². The lowest BCUT2D eigenvalue weighted by atomic mass is 9.91. The van der Waals surface area contributed by atoms with Crippen LogP contribution < -0.4 is 4.74 Å². The number of carbonyl (C=O) groups excluding carboxylic acids is 1. The molecule has 0 unspecified atom stereocenters. The van der Waals surface area contributed by atoms with Crippen LogP contribution in [0.4, 0.5) is 0 Å². The van der Waals surface area contributed by atoms with Gasteiger partial charge in [-0.25, -0.2) is 0 Å². The molecule has 1 fully saturated rings. The number of aromatic amines is 1. The van der Waals surface area contributed by atoms with E-state index in [0.717, 1.165) is 42.1 Å². The van der Waals surface area contributed by atoms with Crippen LogP contribution in [0.25, 0.3) is 10.9 Å². The number of aryl methyl sites for hydroxylation is 4. The van der Waals surface area contributed by atoms with E-state index in [1.807, 2.05) is 30.9 Å². The first kappa shape index (κ1) is 20.8. The molecular weight excluding hydrogens is 396 g/mol. The van der Waals surface area contributed by atoms with Crippen LogP contribution in [0.5, 0.6) is 5.75 Å². The van der Waals surface area contributed by atoms with Crippen molar-refractivity contribution in [1.29, 1.82) is 0 Å². The molecule has 1 aliphatic heterocycles. The number of benzene rings is 2. The Labute approximate surface area is 183 Å². The largest absolute Gasteiger partial charge is 0.484 e. The molecule has 0 saturated carbocycles. The summed E-state index contributed by atoms with van der Waals surface area (Å²) in [6, 6.07) is 10.3. The van der Waals surface area contributed by atoms with Gasteiger partial charge in [0.1, 0.15) is 5.75 Å².